The van der Waals surface area contributed by atoms with Gasteiger partial charge in [-0.25, -0.2) is 4.98 Å². The van der Waals surface area contributed by atoms with Gasteiger partial charge in [-0.05, 0) is 6.92 Å². The Morgan fingerprint density at radius 1 is 1.60 bits per heavy atom. The monoisotopic (exact) mass is 227 g/mol. The van der Waals surface area contributed by atoms with Gasteiger partial charge >= 0.3 is 0 Å². The van der Waals surface area contributed by atoms with Crippen LogP contribution in [0.3, 0.4) is 0 Å². The largest absolute Gasteiger partial charge is 0.350 e. The number of aromatic nitrogens is 1. The van der Waals surface area contributed by atoms with E-state index in [1.165, 1.54) is 0 Å². The molecular weight excluding hydrogens is 210 g/mol. The van der Waals surface area contributed by atoms with Gasteiger partial charge in [0.05, 0.1) is 18.1 Å². The summed E-state index contributed by atoms with van der Waals surface area (Å²) >= 11 is 1.61. The zero-order valence-corrected chi connectivity index (χ0v) is 10.1. The summed E-state index contributed by atoms with van der Waals surface area (Å²) in [6, 6.07) is 0.335. The molecule has 1 aromatic heterocycles. The standard InChI is InChI=1S/C10H17N3OS/c1-7(2)11-6-10(14)13-5-9-4-12-8(3)15-9/h4,7,11H,5-6H2,1-3H3,(H,13,14). The molecule has 2 N–H and O–H groups in total. The average Bonchev–Trinajstić information content (AvgIpc) is 2.58. The summed E-state index contributed by atoms with van der Waals surface area (Å²) < 4.78 is 0. The second-order valence-corrected chi connectivity index (χ2v) is 4.98. The summed E-state index contributed by atoms with van der Waals surface area (Å²) in [6.07, 6.45) is 1.80. The number of carbonyl (C=O) groups excluding carboxylic acids is 1. The average molecular weight is 227 g/mol. The van der Waals surface area contributed by atoms with E-state index >= 15 is 0 Å². The summed E-state index contributed by atoms with van der Waals surface area (Å²) in [5.41, 5.74) is 0. The quantitative estimate of drug-likeness (QED) is 0.791. The number of hydrogen-bond acceptors (Lipinski definition) is 4. The first-order valence-corrected chi connectivity index (χ1v) is 5.81. The van der Waals surface area contributed by atoms with Crippen molar-refractivity contribution >= 4 is 17.2 Å². The molecule has 15 heavy (non-hydrogen) atoms. The molecule has 0 atom stereocenters. The van der Waals surface area contributed by atoms with Gasteiger partial charge in [0.25, 0.3) is 0 Å². The Balaban J connectivity index is 2.22. The van der Waals surface area contributed by atoms with Gasteiger partial charge in [-0.2, -0.15) is 0 Å². The van der Waals surface area contributed by atoms with Crippen LogP contribution in [0.4, 0.5) is 0 Å². The summed E-state index contributed by atoms with van der Waals surface area (Å²) in [4.78, 5) is 16.5. The summed E-state index contributed by atoms with van der Waals surface area (Å²) in [5, 5.41) is 6.93. The van der Waals surface area contributed by atoms with E-state index in [1.54, 1.807) is 17.5 Å². The Kier molecular flexibility index (Phi) is 4.71. The van der Waals surface area contributed by atoms with E-state index in [1.807, 2.05) is 20.8 Å². The molecule has 1 amide bonds. The van der Waals surface area contributed by atoms with E-state index in [4.69, 9.17) is 0 Å². The number of carbonyl (C=O) groups is 1. The Labute approximate surface area is 94.1 Å². The maximum Gasteiger partial charge on any atom is 0.234 e. The minimum absolute atomic E-state index is 0.0229. The number of thiazole rings is 1. The molecule has 0 radical (unpaired) electrons. The van der Waals surface area contributed by atoms with Crippen LogP contribution >= 0.6 is 11.3 Å². The fourth-order valence-electron chi connectivity index (χ4n) is 1.03. The first-order chi connectivity index (χ1) is 7.08. The lowest BCUT2D eigenvalue weighted by atomic mass is 10.4. The van der Waals surface area contributed by atoms with E-state index in [0.717, 1.165) is 9.88 Å². The van der Waals surface area contributed by atoms with Crippen molar-refractivity contribution in [3.05, 3.63) is 16.1 Å². The third-order valence-corrected chi connectivity index (χ3v) is 2.71. The van der Waals surface area contributed by atoms with Crippen LogP contribution in [0.5, 0.6) is 0 Å². The minimum atomic E-state index is 0.0229. The molecule has 0 saturated heterocycles. The maximum absolute atomic E-state index is 11.3. The molecule has 4 nitrogen and oxygen atoms in total. The second-order valence-electron chi connectivity index (χ2n) is 3.66. The summed E-state index contributed by atoms with van der Waals surface area (Å²) in [6.45, 7) is 6.93. The molecule has 0 aromatic carbocycles. The van der Waals surface area contributed by atoms with Gasteiger partial charge in [-0.15, -0.1) is 11.3 Å². The molecule has 0 aliphatic heterocycles. The number of aryl methyl sites for hydroxylation is 1. The van der Waals surface area contributed by atoms with Crippen LogP contribution in [-0.4, -0.2) is 23.5 Å². The molecule has 84 valence electrons. The van der Waals surface area contributed by atoms with E-state index in [2.05, 4.69) is 15.6 Å². The second kappa shape index (κ2) is 5.82. The van der Waals surface area contributed by atoms with Crippen molar-refractivity contribution in [3.63, 3.8) is 0 Å². The highest BCUT2D eigenvalue weighted by molar-refractivity contribution is 7.11. The topological polar surface area (TPSA) is 54.0 Å². The van der Waals surface area contributed by atoms with Crippen molar-refractivity contribution < 1.29 is 4.79 Å². The van der Waals surface area contributed by atoms with Gasteiger partial charge in [0.15, 0.2) is 0 Å². The molecule has 0 fully saturated rings. The van der Waals surface area contributed by atoms with E-state index < -0.39 is 0 Å². The molecule has 1 heterocycles. The molecule has 1 aromatic rings. The van der Waals surface area contributed by atoms with Crippen molar-refractivity contribution in [1.82, 2.24) is 15.6 Å². The highest BCUT2D eigenvalue weighted by Crippen LogP contribution is 2.10. The van der Waals surface area contributed by atoms with E-state index in [9.17, 15) is 4.79 Å². The molecule has 0 aliphatic carbocycles. The van der Waals surface area contributed by atoms with Crippen molar-refractivity contribution in [2.24, 2.45) is 0 Å². The van der Waals surface area contributed by atoms with Crippen LogP contribution in [0, 0.1) is 6.92 Å². The lowest BCUT2D eigenvalue weighted by molar-refractivity contribution is -0.120. The van der Waals surface area contributed by atoms with Crippen molar-refractivity contribution in [2.45, 2.75) is 33.4 Å². The predicted octanol–water partition coefficient (Wildman–Crippen LogP) is 1.07. The Hall–Kier alpha value is -0.940. The first kappa shape index (κ1) is 12.1. The number of nitrogens with one attached hydrogen (secondary N) is 2. The summed E-state index contributed by atoms with van der Waals surface area (Å²) in [5.74, 6) is 0.0229. The molecule has 5 heteroatoms. The fourth-order valence-corrected chi connectivity index (χ4v) is 1.77. The lowest BCUT2D eigenvalue weighted by Crippen LogP contribution is -2.36. The third kappa shape index (κ3) is 4.90. The smallest absolute Gasteiger partial charge is 0.234 e. The lowest BCUT2D eigenvalue weighted by Gasteiger charge is -2.07. The van der Waals surface area contributed by atoms with Crippen LogP contribution in [0.2, 0.25) is 0 Å². The zero-order valence-electron chi connectivity index (χ0n) is 9.33. The van der Waals surface area contributed by atoms with Gasteiger partial charge in [-0.3, -0.25) is 4.79 Å². The van der Waals surface area contributed by atoms with Crippen molar-refractivity contribution in [3.8, 4) is 0 Å². The maximum atomic E-state index is 11.3. The highest BCUT2D eigenvalue weighted by atomic mass is 32.1. The van der Waals surface area contributed by atoms with Crippen LogP contribution < -0.4 is 10.6 Å². The van der Waals surface area contributed by atoms with Crippen LogP contribution in [0.15, 0.2) is 6.20 Å². The van der Waals surface area contributed by atoms with Gasteiger partial charge in [0.2, 0.25) is 5.91 Å². The molecule has 0 saturated carbocycles. The van der Waals surface area contributed by atoms with Crippen molar-refractivity contribution in [1.29, 1.82) is 0 Å². The van der Waals surface area contributed by atoms with Gasteiger partial charge < -0.3 is 10.6 Å². The van der Waals surface area contributed by atoms with Crippen molar-refractivity contribution in [2.75, 3.05) is 6.54 Å². The van der Waals surface area contributed by atoms with E-state index in [-0.39, 0.29) is 5.91 Å². The fraction of sp³-hybridized carbons (Fsp3) is 0.600. The Bertz CT molecular complexity index is 322. The molecule has 0 aliphatic rings. The van der Waals surface area contributed by atoms with Gasteiger partial charge in [0.1, 0.15) is 0 Å². The first-order valence-electron chi connectivity index (χ1n) is 4.99. The highest BCUT2D eigenvalue weighted by Gasteiger charge is 2.03. The third-order valence-electron chi connectivity index (χ3n) is 1.80. The molecule has 0 unspecified atom stereocenters. The number of nitrogens with zero attached hydrogens (tertiary/aromatic N) is 1. The molecule has 1 rings (SSSR count). The molecule has 0 bridgehead atoms. The van der Waals surface area contributed by atoms with Crippen LogP contribution in [-0.2, 0) is 11.3 Å². The van der Waals surface area contributed by atoms with Gasteiger partial charge in [-0.1, -0.05) is 13.8 Å². The molecular formula is C10H17N3OS. The number of hydrogen-bond donors (Lipinski definition) is 2. The zero-order chi connectivity index (χ0) is 11.3. The van der Waals surface area contributed by atoms with Crippen LogP contribution in [0.25, 0.3) is 0 Å². The van der Waals surface area contributed by atoms with Crippen LogP contribution in [0.1, 0.15) is 23.7 Å². The number of amides is 1. The summed E-state index contributed by atoms with van der Waals surface area (Å²) in [7, 11) is 0. The Morgan fingerprint density at radius 3 is 2.87 bits per heavy atom. The van der Waals surface area contributed by atoms with E-state index in [0.29, 0.717) is 19.1 Å². The molecule has 0 spiro atoms. The Morgan fingerprint density at radius 2 is 2.33 bits per heavy atom. The number of rotatable bonds is 5. The van der Waals surface area contributed by atoms with Gasteiger partial charge in [0, 0.05) is 17.1 Å². The minimum Gasteiger partial charge on any atom is -0.350 e. The SMILES string of the molecule is Cc1ncc(CNC(=O)CNC(C)C)s1. The normalized spacial score (nSPS) is 10.7. The predicted molar refractivity (Wildman–Crippen MR) is 61.8 cm³/mol.